The van der Waals surface area contributed by atoms with Gasteiger partial charge in [-0.15, -0.1) is 12.4 Å². The van der Waals surface area contributed by atoms with Crippen molar-refractivity contribution in [1.82, 2.24) is 10.3 Å². The van der Waals surface area contributed by atoms with Crippen molar-refractivity contribution in [1.29, 1.82) is 5.26 Å². The molecule has 2 heterocycles. The van der Waals surface area contributed by atoms with Crippen LogP contribution >= 0.6 is 24.0 Å². The number of hydrogen-bond donors (Lipinski definition) is 1. The molecule has 0 aliphatic carbocycles. The topological polar surface area (TPSA) is 75.0 Å². The van der Waals surface area contributed by atoms with Crippen molar-refractivity contribution in [3.63, 3.8) is 0 Å². The molecule has 1 saturated heterocycles. The van der Waals surface area contributed by atoms with E-state index in [9.17, 15) is 4.79 Å². The summed E-state index contributed by atoms with van der Waals surface area (Å²) in [7, 11) is 0. The molecule has 0 unspecified atom stereocenters. The maximum Gasteiger partial charge on any atom is 0.168 e. The molecule has 0 saturated carbocycles. The van der Waals surface area contributed by atoms with E-state index in [1.54, 1.807) is 6.07 Å². The summed E-state index contributed by atoms with van der Waals surface area (Å²) < 4.78 is 5.71. The van der Waals surface area contributed by atoms with Crippen LogP contribution in [0.4, 0.5) is 0 Å². The van der Waals surface area contributed by atoms with E-state index in [0.717, 1.165) is 24.2 Å². The molecule has 0 spiro atoms. The van der Waals surface area contributed by atoms with E-state index >= 15 is 0 Å². The molecule has 1 aliphatic rings. The van der Waals surface area contributed by atoms with Crippen molar-refractivity contribution < 1.29 is 9.53 Å². The Bertz CT molecular complexity index is 782. The van der Waals surface area contributed by atoms with Gasteiger partial charge in [0.25, 0.3) is 0 Å². The van der Waals surface area contributed by atoms with E-state index in [4.69, 9.17) is 21.6 Å². The zero-order valence-electron chi connectivity index (χ0n) is 13.4. The average Bonchev–Trinajstić information content (AvgIpc) is 2.64. The molecule has 3 rings (SSSR count). The van der Waals surface area contributed by atoms with E-state index in [1.807, 2.05) is 24.3 Å². The van der Waals surface area contributed by atoms with Gasteiger partial charge < -0.3 is 10.1 Å². The maximum absolute atomic E-state index is 12.3. The summed E-state index contributed by atoms with van der Waals surface area (Å²) in [5.41, 5.74) is 2.52. The molecule has 1 aromatic heterocycles. The molecule has 1 aromatic carbocycles. The van der Waals surface area contributed by atoms with Gasteiger partial charge in [-0.25, -0.2) is 4.98 Å². The number of morpholine rings is 1. The Morgan fingerprint density at radius 3 is 2.84 bits per heavy atom. The molecule has 1 atom stereocenters. The summed E-state index contributed by atoms with van der Waals surface area (Å²) in [6.45, 7) is 2.29. The Kier molecular flexibility index (Phi) is 6.91. The largest absolute Gasteiger partial charge is 0.371 e. The molecule has 1 fully saturated rings. The zero-order chi connectivity index (χ0) is 16.9. The quantitative estimate of drug-likeness (QED) is 0.828. The van der Waals surface area contributed by atoms with Gasteiger partial charge in [0.1, 0.15) is 11.8 Å². The normalized spacial score (nSPS) is 16.6. The minimum Gasteiger partial charge on any atom is -0.371 e. The van der Waals surface area contributed by atoms with Crippen molar-refractivity contribution in [3.05, 3.63) is 63.9 Å². The van der Waals surface area contributed by atoms with Crippen LogP contribution in [0.3, 0.4) is 0 Å². The molecule has 0 radical (unpaired) electrons. The van der Waals surface area contributed by atoms with E-state index in [-0.39, 0.29) is 36.4 Å². The predicted molar refractivity (Wildman–Crippen MR) is 97.2 cm³/mol. The number of ketones is 1. The highest BCUT2D eigenvalue weighted by Gasteiger charge is 2.17. The molecule has 0 amide bonds. The monoisotopic (exact) mass is 377 g/mol. The van der Waals surface area contributed by atoms with Crippen LogP contribution in [-0.2, 0) is 11.2 Å². The van der Waals surface area contributed by atoms with Crippen LogP contribution in [-0.4, -0.2) is 30.5 Å². The molecule has 1 aliphatic heterocycles. The second kappa shape index (κ2) is 8.93. The number of benzene rings is 1. The lowest BCUT2D eigenvalue weighted by molar-refractivity contribution is 0.0277. The minimum absolute atomic E-state index is 0. The summed E-state index contributed by atoms with van der Waals surface area (Å²) in [6.07, 6.45) is 1.60. The first kappa shape index (κ1) is 19.4. The molecule has 0 bridgehead atoms. The fraction of sp³-hybridized carbons (Fsp3) is 0.278. The van der Waals surface area contributed by atoms with Crippen LogP contribution in [0.15, 0.2) is 36.5 Å². The first-order valence-electron chi connectivity index (χ1n) is 7.67. The number of pyridine rings is 1. The number of nitrogens with zero attached hydrogens (tertiary/aromatic N) is 2. The number of Topliss-reactive ketones (excluding diaryl/α,β-unsaturated/α-hetero) is 1. The number of aromatic nitrogens is 1. The summed E-state index contributed by atoms with van der Waals surface area (Å²) >= 11 is 6.34. The van der Waals surface area contributed by atoms with Gasteiger partial charge in [-0.1, -0.05) is 23.7 Å². The Morgan fingerprint density at radius 1 is 1.40 bits per heavy atom. The van der Waals surface area contributed by atoms with Gasteiger partial charge >= 0.3 is 0 Å². The van der Waals surface area contributed by atoms with Gasteiger partial charge in [-0.3, -0.25) is 4.79 Å². The molecular formula is C18H17Cl2N3O2. The first-order valence-corrected chi connectivity index (χ1v) is 8.05. The summed E-state index contributed by atoms with van der Waals surface area (Å²) in [5.74, 6) is -0.0859. The third kappa shape index (κ3) is 4.77. The lowest BCUT2D eigenvalue weighted by Crippen LogP contribution is -2.33. The highest BCUT2D eigenvalue weighted by molar-refractivity contribution is 6.31. The standard InChI is InChI=1S/C18H16ClN3O2.ClH/c19-16-7-13(18-11-21-5-6-24-18)2-1-12(16)8-17(23)14-3-4-15(9-20)22-10-14;/h1-4,7,10,18,21H,5-6,8,11H2;1H/t18-;/m0./s1. The van der Waals surface area contributed by atoms with Gasteiger partial charge in [0.2, 0.25) is 0 Å². The van der Waals surface area contributed by atoms with Gasteiger partial charge in [-0.05, 0) is 29.3 Å². The third-order valence-electron chi connectivity index (χ3n) is 3.93. The zero-order valence-corrected chi connectivity index (χ0v) is 14.9. The molecule has 130 valence electrons. The predicted octanol–water partition coefficient (Wildman–Crippen LogP) is 3.11. The minimum atomic E-state index is -0.0859. The molecule has 7 heteroatoms. The Balaban J connectivity index is 0.00000225. The molecular weight excluding hydrogens is 361 g/mol. The van der Waals surface area contributed by atoms with Crippen molar-refractivity contribution in [2.24, 2.45) is 0 Å². The van der Waals surface area contributed by atoms with Crippen LogP contribution in [0.25, 0.3) is 0 Å². The second-order valence-electron chi connectivity index (χ2n) is 5.56. The van der Waals surface area contributed by atoms with E-state index in [2.05, 4.69) is 10.3 Å². The van der Waals surface area contributed by atoms with Gasteiger partial charge in [0.15, 0.2) is 5.78 Å². The lowest BCUT2D eigenvalue weighted by atomic mass is 10.0. The van der Waals surface area contributed by atoms with E-state index < -0.39 is 0 Å². The fourth-order valence-corrected chi connectivity index (χ4v) is 2.84. The molecule has 5 nitrogen and oxygen atoms in total. The van der Waals surface area contributed by atoms with Crippen LogP contribution in [0.5, 0.6) is 0 Å². The highest BCUT2D eigenvalue weighted by atomic mass is 35.5. The maximum atomic E-state index is 12.3. The van der Waals surface area contributed by atoms with Crippen molar-refractivity contribution >= 4 is 29.8 Å². The number of carbonyl (C=O) groups excluding carboxylic acids is 1. The Labute approximate surface area is 157 Å². The van der Waals surface area contributed by atoms with Crippen LogP contribution in [0.1, 0.15) is 33.3 Å². The number of ether oxygens (including phenoxy) is 1. The molecule has 25 heavy (non-hydrogen) atoms. The van der Waals surface area contributed by atoms with Crippen molar-refractivity contribution in [2.45, 2.75) is 12.5 Å². The third-order valence-corrected chi connectivity index (χ3v) is 4.28. The van der Waals surface area contributed by atoms with E-state index in [1.165, 1.54) is 12.3 Å². The van der Waals surface area contributed by atoms with Crippen LogP contribution in [0, 0.1) is 11.3 Å². The molecule has 1 N–H and O–H groups in total. The molecule has 2 aromatic rings. The van der Waals surface area contributed by atoms with Gasteiger partial charge in [0.05, 0.1) is 12.7 Å². The second-order valence-corrected chi connectivity index (χ2v) is 5.97. The summed E-state index contributed by atoms with van der Waals surface area (Å²) in [4.78, 5) is 16.3. The van der Waals surface area contributed by atoms with Gasteiger partial charge in [0, 0.05) is 36.3 Å². The smallest absolute Gasteiger partial charge is 0.168 e. The fourth-order valence-electron chi connectivity index (χ4n) is 2.59. The number of carbonyl (C=O) groups is 1. The number of halogens is 2. The van der Waals surface area contributed by atoms with Crippen molar-refractivity contribution in [3.8, 4) is 6.07 Å². The number of nitrogens with one attached hydrogen (secondary N) is 1. The lowest BCUT2D eigenvalue weighted by Gasteiger charge is -2.24. The SMILES string of the molecule is Cl.N#Cc1ccc(C(=O)Cc2ccc([C@@H]3CNCCO3)cc2Cl)cn1. The van der Waals surface area contributed by atoms with Gasteiger partial charge in [-0.2, -0.15) is 5.26 Å². The van der Waals surface area contributed by atoms with Crippen molar-refractivity contribution in [2.75, 3.05) is 19.7 Å². The number of rotatable bonds is 4. The highest BCUT2D eigenvalue weighted by Crippen LogP contribution is 2.25. The van der Waals surface area contributed by atoms with E-state index in [0.29, 0.717) is 17.2 Å². The number of nitriles is 1. The first-order chi connectivity index (χ1) is 11.7. The van der Waals surface area contributed by atoms with Crippen LogP contribution < -0.4 is 5.32 Å². The summed E-state index contributed by atoms with van der Waals surface area (Å²) in [5, 5.41) is 12.6. The summed E-state index contributed by atoms with van der Waals surface area (Å²) in [6, 6.07) is 10.7. The Hall–Kier alpha value is -1.97. The average molecular weight is 378 g/mol. The number of hydrogen-bond acceptors (Lipinski definition) is 5. The van der Waals surface area contributed by atoms with Crippen LogP contribution in [0.2, 0.25) is 5.02 Å². The Morgan fingerprint density at radius 2 is 2.24 bits per heavy atom.